The standard InChI is InChI=1S/C32H52N4O13P2/c1-21(2)36(22(3)4)50(45-17-15-33-11)49-25-23(48-27(26(25)42-12)35-16-13-24(37)34-30(35)40)14-18-51(41,46-19-43-28(38)31(5,6)7)47-20-44-29(39)32(8,9)10/h13-14,16,18,21-23,25-27H,15,17,19-20H2,1-10,12H3,(H,34,37,40)/b18-14+/t23-,25+,26?,27-,50?/m1/s1. The molecule has 2 unspecified atom stereocenters. The summed E-state index contributed by atoms with van der Waals surface area (Å²) < 4.78 is 63.1. The highest BCUT2D eigenvalue weighted by atomic mass is 31.2. The van der Waals surface area contributed by atoms with E-state index in [1.54, 1.807) is 41.5 Å². The number of hydrogen-bond acceptors (Lipinski definition) is 14. The number of esters is 2. The quantitative estimate of drug-likeness (QED) is 0.0696. The second-order valence-corrected chi connectivity index (χ2v) is 17.3. The van der Waals surface area contributed by atoms with E-state index in [-0.39, 0.29) is 25.2 Å². The Bertz CT molecular complexity index is 1500. The van der Waals surface area contributed by atoms with Crippen LogP contribution >= 0.6 is 16.1 Å². The molecule has 288 valence electrons. The topological polar surface area (TPSA) is 188 Å². The fourth-order valence-electron chi connectivity index (χ4n) is 4.49. The van der Waals surface area contributed by atoms with E-state index in [1.807, 2.05) is 32.4 Å². The summed E-state index contributed by atoms with van der Waals surface area (Å²) in [5.74, 6) is -0.221. The van der Waals surface area contributed by atoms with Crippen molar-refractivity contribution in [3.05, 3.63) is 56.4 Å². The zero-order chi connectivity index (χ0) is 38.7. The van der Waals surface area contributed by atoms with Crippen LogP contribution in [0.4, 0.5) is 0 Å². The first kappa shape index (κ1) is 44.4. The Kier molecular flexibility index (Phi) is 16.8. The molecule has 0 bridgehead atoms. The number of hydrogen-bond donors (Lipinski definition) is 1. The van der Waals surface area contributed by atoms with E-state index in [0.29, 0.717) is 0 Å². The number of ether oxygens (including phenoxy) is 4. The summed E-state index contributed by atoms with van der Waals surface area (Å²) >= 11 is 0. The molecule has 1 saturated heterocycles. The minimum absolute atomic E-state index is 0.0624. The Labute approximate surface area is 300 Å². The Hall–Kier alpha value is -2.77. The Morgan fingerprint density at radius 1 is 1.04 bits per heavy atom. The molecule has 0 amide bonds. The van der Waals surface area contributed by atoms with Gasteiger partial charge in [-0.2, -0.15) is 0 Å². The summed E-state index contributed by atoms with van der Waals surface area (Å²) in [7, 11) is -4.85. The third-order valence-corrected chi connectivity index (χ3v) is 10.6. The molecule has 17 nitrogen and oxygen atoms in total. The number of rotatable bonds is 18. The van der Waals surface area contributed by atoms with Gasteiger partial charge in [0.15, 0.2) is 6.23 Å². The summed E-state index contributed by atoms with van der Waals surface area (Å²) in [6.45, 7) is 23.4. The van der Waals surface area contributed by atoms with Crippen molar-refractivity contribution in [2.24, 2.45) is 10.8 Å². The van der Waals surface area contributed by atoms with E-state index in [4.69, 9.17) is 43.6 Å². The Balaban J connectivity index is 2.59. The van der Waals surface area contributed by atoms with Crippen LogP contribution < -0.4 is 11.2 Å². The van der Waals surface area contributed by atoms with Gasteiger partial charge in [-0.25, -0.2) is 16.0 Å². The van der Waals surface area contributed by atoms with Gasteiger partial charge in [0, 0.05) is 37.3 Å². The lowest BCUT2D eigenvalue weighted by molar-refractivity contribution is -0.161. The van der Waals surface area contributed by atoms with E-state index in [9.17, 15) is 23.7 Å². The number of nitrogens with one attached hydrogen (secondary N) is 1. The van der Waals surface area contributed by atoms with Crippen LogP contribution in [0.5, 0.6) is 0 Å². The monoisotopic (exact) mass is 762 g/mol. The highest BCUT2D eigenvalue weighted by Gasteiger charge is 2.49. The highest BCUT2D eigenvalue weighted by Crippen LogP contribution is 2.53. The first-order chi connectivity index (χ1) is 23.6. The Morgan fingerprint density at radius 3 is 2.04 bits per heavy atom. The van der Waals surface area contributed by atoms with Crippen LogP contribution in [-0.4, -0.2) is 90.4 Å². The van der Waals surface area contributed by atoms with Crippen molar-refractivity contribution < 1.29 is 51.2 Å². The van der Waals surface area contributed by atoms with Gasteiger partial charge in [0.1, 0.15) is 24.9 Å². The summed E-state index contributed by atoms with van der Waals surface area (Å²) in [5.41, 5.74) is -3.16. The van der Waals surface area contributed by atoms with Gasteiger partial charge >= 0.3 is 25.2 Å². The Morgan fingerprint density at radius 2 is 1.59 bits per heavy atom. The van der Waals surface area contributed by atoms with Crippen molar-refractivity contribution in [1.29, 1.82) is 0 Å². The maximum Gasteiger partial charge on any atom is 0.359 e. The first-order valence-electron chi connectivity index (χ1n) is 16.3. The van der Waals surface area contributed by atoms with Crippen molar-refractivity contribution in [1.82, 2.24) is 14.2 Å². The minimum atomic E-state index is -4.35. The third-order valence-electron chi connectivity index (χ3n) is 7.01. The summed E-state index contributed by atoms with van der Waals surface area (Å²) in [6, 6.07) is 1.02. The van der Waals surface area contributed by atoms with Gasteiger partial charge < -0.3 is 32.8 Å². The molecule has 2 heterocycles. The average molecular weight is 763 g/mol. The minimum Gasteiger partial charge on any atom is -0.438 e. The molecule has 0 spiro atoms. The third kappa shape index (κ3) is 13.3. The lowest BCUT2D eigenvalue weighted by Crippen LogP contribution is -2.41. The van der Waals surface area contributed by atoms with E-state index in [1.165, 1.54) is 19.4 Å². The molecule has 0 aromatic carbocycles. The molecular weight excluding hydrogens is 710 g/mol. The van der Waals surface area contributed by atoms with Crippen molar-refractivity contribution >= 4 is 28.1 Å². The number of carbonyl (C=O) groups is 2. The predicted octanol–water partition coefficient (Wildman–Crippen LogP) is 4.95. The molecule has 1 aliphatic heterocycles. The maximum atomic E-state index is 14.0. The van der Waals surface area contributed by atoms with Gasteiger partial charge in [-0.3, -0.25) is 37.5 Å². The van der Waals surface area contributed by atoms with E-state index < -0.39 is 88.3 Å². The second kappa shape index (κ2) is 19.3. The SMILES string of the molecule is [C-]#[N+]CCOP(O[C@@H]1C(OC)[C@H](n2ccc(=O)[nH]c2=O)O[C@@H]1/C=C/P(=O)(OCOC(=O)C(C)(C)C)OCOC(=O)C(C)(C)C)N(C(C)C)C(C)C. The predicted molar refractivity (Wildman–Crippen MR) is 187 cm³/mol. The lowest BCUT2D eigenvalue weighted by atomic mass is 9.98. The van der Waals surface area contributed by atoms with Gasteiger partial charge in [-0.15, -0.1) is 0 Å². The fourth-order valence-corrected chi connectivity index (χ4v) is 7.26. The molecule has 2 rings (SSSR count). The van der Waals surface area contributed by atoms with Crippen molar-refractivity contribution in [2.45, 2.75) is 106 Å². The molecule has 19 heteroatoms. The largest absolute Gasteiger partial charge is 0.438 e. The zero-order valence-electron chi connectivity index (χ0n) is 31.1. The van der Waals surface area contributed by atoms with E-state index in [0.717, 1.165) is 16.5 Å². The number of carbonyl (C=O) groups excluding carboxylic acids is 2. The number of H-pyrrole nitrogens is 1. The molecule has 1 aliphatic rings. The smallest absolute Gasteiger partial charge is 0.359 e. The first-order valence-corrected chi connectivity index (χ1v) is 19.0. The number of methoxy groups -OCH3 is 1. The van der Waals surface area contributed by atoms with Crippen LogP contribution in [0.1, 0.15) is 75.5 Å². The lowest BCUT2D eigenvalue weighted by Gasteiger charge is -2.37. The molecular formula is C32H52N4O13P2. The molecule has 5 atom stereocenters. The number of aromatic nitrogens is 2. The van der Waals surface area contributed by atoms with Crippen LogP contribution in [0, 0.1) is 17.4 Å². The molecule has 1 aromatic rings. The normalized spacial score (nSPS) is 20.6. The molecule has 0 aliphatic carbocycles. The van der Waals surface area contributed by atoms with Gasteiger partial charge in [0.2, 0.25) is 20.1 Å². The summed E-state index contributed by atoms with van der Waals surface area (Å²) in [5, 5.41) is 0. The van der Waals surface area contributed by atoms with Crippen molar-refractivity contribution in [2.75, 3.05) is 33.8 Å². The average Bonchev–Trinajstić information content (AvgIpc) is 3.35. The van der Waals surface area contributed by atoms with Gasteiger partial charge in [-0.1, -0.05) is 0 Å². The molecule has 1 N–H and O–H groups in total. The summed E-state index contributed by atoms with van der Waals surface area (Å²) in [6.07, 6.45) is -1.76. The summed E-state index contributed by atoms with van der Waals surface area (Å²) in [4.78, 5) is 55.0. The van der Waals surface area contributed by atoms with Gasteiger partial charge in [0.25, 0.3) is 14.1 Å². The molecule has 1 fully saturated rings. The van der Waals surface area contributed by atoms with Gasteiger partial charge in [0.05, 0.1) is 10.8 Å². The number of nitrogens with zero attached hydrogens (tertiary/aromatic N) is 3. The van der Waals surface area contributed by atoms with E-state index >= 15 is 0 Å². The van der Waals surface area contributed by atoms with Gasteiger partial charge in [-0.05, 0) is 75.3 Å². The zero-order valence-corrected chi connectivity index (χ0v) is 32.9. The molecule has 51 heavy (non-hydrogen) atoms. The van der Waals surface area contributed by atoms with Crippen LogP contribution in [0.25, 0.3) is 4.85 Å². The highest BCUT2D eigenvalue weighted by molar-refractivity contribution is 7.57. The maximum absolute atomic E-state index is 14.0. The van der Waals surface area contributed by atoms with Crippen molar-refractivity contribution in [3.63, 3.8) is 0 Å². The van der Waals surface area contributed by atoms with Crippen LogP contribution in [0.2, 0.25) is 0 Å². The van der Waals surface area contributed by atoms with Crippen LogP contribution in [0.15, 0.2) is 33.7 Å². The van der Waals surface area contributed by atoms with Crippen LogP contribution in [-0.2, 0) is 51.2 Å². The fraction of sp³-hybridized carbons (Fsp3) is 0.719. The van der Waals surface area contributed by atoms with E-state index in [2.05, 4.69) is 9.83 Å². The second-order valence-electron chi connectivity index (χ2n) is 14.0. The molecule has 1 aromatic heterocycles. The van der Waals surface area contributed by atoms with Crippen molar-refractivity contribution in [3.8, 4) is 0 Å². The van der Waals surface area contributed by atoms with Crippen LogP contribution in [0.3, 0.4) is 0 Å². The molecule has 0 radical (unpaired) electrons. The molecule has 0 saturated carbocycles. The number of aromatic amines is 1.